The summed E-state index contributed by atoms with van der Waals surface area (Å²) in [5, 5.41) is 0. The Morgan fingerprint density at radius 2 is 2.21 bits per heavy atom. The number of ether oxygens (including phenoxy) is 1. The number of benzene rings is 1. The molecule has 2 rings (SSSR count). The Morgan fingerprint density at radius 1 is 1.47 bits per heavy atom. The van der Waals surface area contributed by atoms with Crippen LogP contribution in [-0.4, -0.2) is 30.0 Å². The van der Waals surface area contributed by atoms with E-state index in [0.717, 1.165) is 19.3 Å². The Kier molecular flexibility index (Phi) is 4.08. The molecule has 1 aromatic carbocycles. The number of hydrogen-bond donors (Lipinski definition) is 0. The highest BCUT2D eigenvalue weighted by Gasteiger charge is 2.34. The number of nitrogens with zero attached hydrogens (tertiary/aromatic N) is 1. The highest BCUT2D eigenvalue weighted by Crippen LogP contribution is 2.29. The van der Waals surface area contributed by atoms with Crippen LogP contribution in [0.5, 0.6) is 5.75 Å². The number of methoxy groups -OCH3 is 1. The van der Waals surface area contributed by atoms with Crippen molar-refractivity contribution in [3.63, 3.8) is 0 Å². The maximum absolute atomic E-state index is 14.0. The molecule has 1 amide bonds. The molecule has 0 aromatic heterocycles. The third-order valence-corrected chi connectivity index (χ3v) is 3.90. The number of halogens is 1. The van der Waals surface area contributed by atoms with E-state index in [-0.39, 0.29) is 23.6 Å². The molecule has 1 saturated heterocycles. The van der Waals surface area contributed by atoms with E-state index < -0.39 is 5.82 Å². The molecule has 19 heavy (non-hydrogen) atoms. The zero-order chi connectivity index (χ0) is 14.0. The van der Waals surface area contributed by atoms with Crippen LogP contribution in [0, 0.1) is 5.82 Å². The summed E-state index contributed by atoms with van der Waals surface area (Å²) in [5.74, 6) is -0.300. The van der Waals surface area contributed by atoms with Gasteiger partial charge in [0.2, 0.25) is 0 Å². The fourth-order valence-corrected chi connectivity index (χ4v) is 2.77. The lowest BCUT2D eigenvalue weighted by molar-refractivity contribution is 0.0671. The lowest BCUT2D eigenvalue weighted by atomic mass is 10.1. The molecule has 2 atom stereocenters. The van der Waals surface area contributed by atoms with Gasteiger partial charge in [-0.1, -0.05) is 6.92 Å². The summed E-state index contributed by atoms with van der Waals surface area (Å²) in [7, 11) is 1.48. The highest BCUT2D eigenvalue weighted by atomic mass is 19.1. The zero-order valence-electron chi connectivity index (χ0n) is 11.6. The molecule has 3 nitrogen and oxygen atoms in total. The molecule has 0 spiro atoms. The van der Waals surface area contributed by atoms with Gasteiger partial charge in [-0.2, -0.15) is 0 Å². The first-order valence-electron chi connectivity index (χ1n) is 6.74. The zero-order valence-corrected chi connectivity index (χ0v) is 11.6. The average Bonchev–Trinajstić information content (AvgIpc) is 2.78. The van der Waals surface area contributed by atoms with E-state index in [4.69, 9.17) is 4.74 Å². The minimum absolute atomic E-state index is 0.132. The van der Waals surface area contributed by atoms with Crippen LogP contribution >= 0.6 is 0 Å². The average molecular weight is 265 g/mol. The van der Waals surface area contributed by atoms with Gasteiger partial charge in [0.1, 0.15) is 11.6 Å². The third kappa shape index (κ3) is 2.57. The second kappa shape index (κ2) is 5.59. The van der Waals surface area contributed by atoms with Crippen LogP contribution < -0.4 is 4.74 Å². The first kappa shape index (κ1) is 13.8. The Morgan fingerprint density at radius 3 is 2.79 bits per heavy atom. The van der Waals surface area contributed by atoms with Crippen LogP contribution in [0.3, 0.4) is 0 Å². The molecule has 1 aromatic rings. The van der Waals surface area contributed by atoms with Crippen LogP contribution in [0.4, 0.5) is 4.39 Å². The van der Waals surface area contributed by atoms with Gasteiger partial charge in [0.05, 0.1) is 12.7 Å². The van der Waals surface area contributed by atoms with E-state index in [1.54, 1.807) is 6.07 Å². The van der Waals surface area contributed by atoms with Crippen molar-refractivity contribution in [3.8, 4) is 5.75 Å². The van der Waals surface area contributed by atoms with Crippen molar-refractivity contribution >= 4 is 5.91 Å². The van der Waals surface area contributed by atoms with E-state index in [0.29, 0.717) is 5.75 Å². The molecule has 2 unspecified atom stereocenters. The van der Waals surface area contributed by atoms with Crippen molar-refractivity contribution in [2.45, 2.75) is 45.2 Å². The van der Waals surface area contributed by atoms with Gasteiger partial charge in [0, 0.05) is 18.2 Å². The summed E-state index contributed by atoms with van der Waals surface area (Å²) < 4.78 is 18.9. The molecule has 0 aliphatic carbocycles. The summed E-state index contributed by atoms with van der Waals surface area (Å²) in [6.07, 6.45) is 2.90. The van der Waals surface area contributed by atoms with E-state index in [2.05, 4.69) is 6.92 Å². The number of rotatable bonds is 3. The van der Waals surface area contributed by atoms with Crippen molar-refractivity contribution in [1.82, 2.24) is 4.90 Å². The Labute approximate surface area is 113 Å². The molecule has 4 heteroatoms. The van der Waals surface area contributed by atoms with Gasteiger partial charge in [-0.25, -0.2) is 4.39 Å². The second-order valence-electron chi connectivity index (χ2n) is 5.05. The smallest absolute Gasteiger partial charge is 0.257 e. The molecule has 0 bridgehead atoms. The lowest BCUT2D eigenvalue weighted by Crippen LogP contribution is -2.40. The van der Waals surface area contributed by atoms with Crippen molar-refractivity contribution in [2.24, 2.45) is 0 Å². The van der Waals surface area contributed by atoms with Gasteiger partial charge in [-0.05, 0) is 38.3 Å². The molecule has 104 valence electrons. The standard InChI is InChI=1S/C15H20FNO2/c1-4-11-6-5-10(2)17(11)15(18)13-8-7-12(19-3)9-14(13)16/h7-11H,4-6H2,1-3H3. The molecule has 0 radical (unpaired) electrons. The maximum atomic E-state index is 14.0. The Balaban J connectivity index is 2.28. The fraction of sp³-hybridized carbons (Fsp3) is 0.533. The normalized spacial score (nSPS) is 22.6. The number of carbonyl (C=O) groups is 1. The number of amides is 1. The van der Waals surface area contributed by atoms with Crippen LogP contribution in [0.15, 0.2) is 18.2 Å². The third-order valence-electron chi connectivity index (χ3n) is 3.90. The van der Waals surface area contributed by atoms with E-state index in [9.17, 15) is 9.18 Å². The minimum Gasteiger partial charge on any atom is -0.497 e. The Hall–Kier alpha value is -1.58. The predicted molar refractivity (Wildman–Crippen MR) is 71.9 cm³/mol. The van der Waals surface area contributed by atoms with Gasteiger partial charge in [-0.15, -0.1) is 0 Å². The summed E-state index contributed by atoms with van der Waals surface area (Å²) >= 11 is 0. The molecular weight excluding hydrogens is 245 g/mol. The minimum atomic E-state index is -0.515. The fourth-order valence-electron chi connectivity index (χ4n) is 2.77. The van der Waals surface area contributed by atoms with Crippen LogP contribution in [0.25, 0.3) is 0 Å². The first-order valence-corrected chi connectivity index (χ1v) is 6.74. The monoisotopic (exact) mass is 265 g/mol. The summed E-state index contributed by atoms with van der Waals surface area (Å²) in [4.78, 5) is 14.3. The molecule has 1 aliphatic heterocycles. The topological polar surface area (TPSA) is 29.5 Å². The highest BCUT2D eigenvalue weighted by molar-refractivity contribution is 5.95. The largest absolute Gasteiger partial charge is 0.497 e. The van der Waals surface area contributed by atoms with Crippen molar-refractivity contribution < 1.29 is 13.9 Å². The molecular formula is C15H20FNO2. The van der Waals surface area contributed by atoms with Gasteiger partial charge in [0.15, 0.2) is 0 Å². The second-order valence-corrected chi connectivity index (χ2v) is 5.05. The van der Waals surface area contributed by atoms with E-state index in [1.165, 1.54) is 19.2 Å². The summed E-state index contributed by atoms with van der Waals surface area (Å²) in [5.41, 5.74) is 0.132. The summed E-state index contributed by atoms with van der Waals surface area (Å²) in [6.45, 7) is 4.09. The molecule has 0 N–H and O–H groups in total. The van der Waals surface area contributed by atoms with Crippen LogP contribution in [-0.2, 0) is 0 Å². The SMILES string of the molecule is CCC1CCC(C)N1C(=O)c1ccc(OC)cc1F. The first-order chi connectivity index (χ1) is 9.08. The molecule has 1 heterocycles. The molecule has 1 aliphatic rings. The van der Waals surface area contributed by atoms with Gasteiger partial charge >= 0.3 is 0 Å². The van der Waals surface area contributed by atoms with Crippen molar-refractivity contribution in [3.05, 3.63) is 29.6 Å². The number of carbonyl (C=O) groups excluding carboxylic acids is 1. The molecule has 1 fully saturated rings. The summed E-state index contributed by atoms with van der Waals surface area (Å²) in [6, 6.07) is 4.80. The van der Waals surface area contributed by atoms with Crippen LogP contribution in [0.2, 0.25) is 0 Å². The van der Waals surface area contributed by atoms with Gasteiger partial charge < -0.3 is 9.64 Å². The number of likely N-dealkylation sites (tertiary alicyclic amines) is 1. The quantitative estimate of drug-likeness (QED) is 0.839. The van der Waals surface area contributed by atoms with Gasteiger partial charge in [0.25, 0.3) is 5.91 Å². The Bertz CT molecular complexity index is 475. The molecule has 0 saturated carbocycles. The predicted octanol–water partition coefficient (Wildman–Crippen LogP) is 3.24. The maximum Gasteiger partial charge on any atom is 0.257 e. The van der Waals surface area contributed by atoms with Crippen molar-refractivity contribution in [2.75, 3.05) is 7.11 Å². The van der Waals surface area contributed by atoms with Gasteiger partial charge in [-0.3, -0.25) is 4.79 Å². The van der Waals surface area contributed by atoms with Crippen LogP contribution in [0.1, 0.15) is 43.5 Å². The van der Waals surface area contributed by atoms with Crippen molar-refractivity contribution in [1.29, 1.82) is 0 Å². The van der Waals surface area contributed by atoms with E-state index in [1.807, 2.05) is 11.8 Å². The number of hydrogen-bond acceptors (Lipinski definition) is 2. The van der Waals surface area contributed by atoms with E-state index >= 15 is 0 Å². The lowest BCUT2D eigenvalue weighted by Gasteiger charge is -2.28.